The number of fused-ring (bicyclic) bond motifs is 1. The van der Waals surface area contributed by atoms with Crippen LogP contribution in [0.15, 0.2) is 54.6 Å². The second-order valence-corrected chi connectivity index (χ2v) is 13.3. The smallest absolute Gasteiger partial charge is 0.331 e. The lowest BCUT2D eigenvalue weighted by Gasteiger charge is -2.32. The maximum atomic E-state index is 13.4. The second-order valence-electron chi connectivity index (χ2n) is 11.7. The molecule has 0 bridgehead atoms. The number of benzene rings is 2. The highest BCUT2D eigenvalue weighted by Crippen LogP contribution is 2.30. The number of phenols is 1. The van der Waals surface area contributed by atoms with E-state index in [0.717, 1.165) is 5.56 Å². The molecule has 0 radical (unpaired) electrons. The number of phenolic OH excluding ortho intramolecular Hbond substituents is 1. The lowest BCUT2D eigenvalue weighted by atomic mass is 10.1. The van der Waals surface area contributed by atoms with Gasteiger partial charge in [-0.05, 0) is 57.2 Å². The Balaban J connectivity index is 1.93. The Morgan fingerprint density at radius 2 is 1.68 bits per heavy atom. The second kappa shape index (κ2) is 14.0. The minimum absolute atomic E-state index is 0.0576. The predicted molar refractivity (Wildman–Crippen MR) is 161 cm³/mol. The number of amides is 3. The van der Waals surface area contributed by atoms with Gasteiger partial charge in [-0.1, -0.05) is 62.4 Å². The molecule has 0 spiro atoms. The van der Waals surface area contributed by atoms with Gasteiger partial charge in [0.15, 0.2) is 6.04 Å². The molecule has 0 saturated carbocycles. The number of hydrogen-bond donors (Lipinski definition) is 2. The summed E-state index contributed by atoms with van der Waals surface area (Å²) >= 11 is 0. The summed E-state index contributed by atoms with van der Waals surface area (Å²) < 4.78 is 32.1. The van der Waals surface area contributed by atoms with Crippen molar-refractivity contribution >= 4 is 44.9 Å². The van der Waals surface area contributed by atoms with E-state index in [-0.39, 0.29) is 29.9 Å². The highest BCUT2D eigenvalue weighted by molar-refractivity contribution is 8.04. The van der Waals surface area contributed by atoms with E-state index in [2.05, 4.69) is 0 Å². The number of nitrogens with zero attached hydrogens (tertiary/aromatic N) is 2. The van der Waals surface area contributed by atoms with Gasteiger partial charge >= 0.3 is 5.97 Å². The molecule has 2 N–H and O–H groups in total. The molecule has 13 heteroatoms. The first-order valence-electron chi connectivity index (χ1n) is 14.0. The van der Waals surface area contributed by atoms with Crippen LogP contribution in [-0.2, 0) is 29.1 Å². The van der Waals surface area contributed by atoms with Crippen molar-refractivity contribution in [2.24, 2.45) is 5.92 Å². The number of aromatic hydroxyl groups is 1. The lowest BCUT2D eigenvalue weighted by molar-refractivity contribution is -0.166. The molecule has 2 aromatic rings. The van der Waals surface area contributed by atoms with E-state index in [1.54, 1.807) is 32.9 Å². The van der Waals surface area contributed by atoms with Gasteiger partial charge in [0.05, 0.1) is 11.1 Å². The predicted octanol–water partition coefficient (Wildman–Crippen LogP) is 3.43. The number of hydrogen-bond acceptors (Lipinski definition) is 9. The van der Waals surface area contributed by atoms with Gasteiger partial charge in [0.1, 0.15) is 17.9 Å². The molecule has 0 aromatic heterocycles. The van der Waals surface area contributed by atoms with Crippen molar-refractivity contribution in [3.05, 3.63) is 71.3 Å². The van der Waals surface area contributed by atoms with Crippen LogP contribution in [-0.4, -0.2) is 70.4 Å². The summed E-state index contributed by atoms with van der Waals surface area (Å²) in [5.41, 5.74) is -0.738. The zero-order valence-corrected chi connectivity index (χ0v) is 26.1. The van der Waals surface area contributed by atoms with E-state index in [1.807, 2.05) is 49.0 Å². The molecule has 1 atom stereocenters. The van der Waals surface area contributed by atoms with Gasteiger partial charge in [-0.2, -0.15) is 0 Å². The minimum atomic E-state index is -5.10. The number of carbonyl (C=O) groups excluding carboxylic acids is 5. The van der Waals surface area contributed by atoms with Crippen molar-refractivity contribution in [1.82, 2.24) is 14.7 Å². The van der Waals surface area contributed by atoms with Crippen LogP contribution in [0.5, 0.6) is 5.75 Å². The molecule has 0 unspecified atom stereocenters. The first-order chi connectivity index (χ1) is 20.5. The number of hydrazine groups is 1. The summed E-state index contributed by atoms with van der Waals surface area (Å²) in [6.45, 7) is 7.36. The Labute approximate surface area is 256 Å². The molecule has 1 aliphatic rings. The van der Waals surface area contributed by atoms with E-state index in [0.29, 0.717) is 16.3 Å². The highest BCUT2D eigenvalue weighted by Gasteiger charge is 2.42. The monoisotopic (exact) mass is 627 g/mol. The molecule has 44 heavy (non-hydrogen) atoms. The number of esters is 1. The fourth-order valence-electron chi connectivity index (χ4n) is 4.25. The molecule has 3 rings (SSSR count). The number of carbonyl (C=O) groups is 5. The largest absolute Gasteiger partial charge is 0.507 e. The molecule has 2 aromatic carbocycles. The van der Waals surface area contributed by atoms with E-state index in [1.165, 1.54) is 18.2 Å². The number of sulfonamides is 1. The van der Waals surface area contributed by atoms with Crippen LogP contribution in [0, 0.1) is 5.92 Å². The van der Waals surface area contributed by atoms with Crippen molar-refractivity contribution in [1.29, 1.82) is 0 Å². The average Bonchev–Trinajstić information content (AvgIpc) is 3.18. The first kappa shape index (κ1) is 34.1. The van der Waals surface area contributed by atoms with Gasteiger partial charge in [-0.25, -0.2) is 18.2 Å². The van der Waals surface area contributed by atoms with Gasteiger partial charge in [0.25, 0.3) is 27.0 Å². The van der Waals surface area contributed by atoms with Crippen molar-refractivity contribution in [3.8, 4) is 5.75 Å². The highest BCUT2D eigenvalue weighted by atomic mass is 32.2. The van der Waals surface area contributed by atoms with Crippen molar-refractivity contribution < 1.29 is 42.2 Å². The molecule has 3 amide bonds. The molecule has 0 saturated heterocycles. The number of ether oxygens (including phenoxy) is 1. The Morgan fingerprint density at radius 3 is 2.27 bits per heavy atom. The molecule has 0 aliphatic carbocycles. The van der Waals surface area contributed by atoms with Crippen LogP contribution in [0.3, 0.4) is 0 Å². The van der Waals surface area contributed by atoms with Crippen molar-refractivity contribution in [2.45, 2.75) is 65.5 Å². The third kappa shape index (κ3) is 8.60. The molecular weight excluding hydrogens is 590 g/mol. The van der Waals surface area contributed by atoms with Gasteiger partial charge in [0, 0.05) is 6.42 Å². The van der Waals surface area contributed by atoms with Crippen LogP contribution in [0.2, 0.25) is 0 Å². The van der Waals surface area contributed by atoms with Crippen LogP contribution in [0.4, 0.5) is 0 Å². The van der Waals surface area contributed by atoms with Crippen LogP contribution in [0.25, 0.3) is 6.08 Å². The lowest BCUT2D eigenvalue weighted by Crippen LogP contribution is -2.57. The van der Waals surface area contributed by atoms with Crippen LogP contribution >= 0.6 is 0 Å². The van der Waals surface area contributed by atoms with Crippen molar-refractivity contribution in [3.63, 3.8) is 0 Å². The first-order valence-corrected chi connectivity index (χ1v) is 15.5. The fourth-order valence-corrected chi connectivity index (χ4v) is 5.14. The molecule has 1 aliphatic heterocycles. The Hall–Kier alpha value is -4.36. The SMILES string of the molecule is CC(C)CCC(=O)N(NS(=O)(=O)C(=O)CN1C(=O)c2cccc(O)c2C1=O)[C@@H](CC=Cc1ccccc1)C(=O)OC(C)(C)C. The number of nitrogens with one attached hydrogen (secondary N) is 1. The van der Waals surface area contributed by atoms with Gasteiger partial charge in [0.2, 0.25) is 5.91 Å². The summed E-state index contributed by atoms with van der Waals surface area (Å²) in [6, 6.07) is 11.3. The molecule has 1 heterocycles. The molecule has 236 valence electrons. The summed E-state index contributed by atoms with van der Waals surface area (Å²) in [4.78, 5) is 67.7. The number of imide groups is 1. The zero-order chi connectivity index (χ0) is 32.8. The van der Waals surface area contributed by atoms with Crippen LogP contribution in [0.1, 0.15) is 80.2 Å². The van der Waals surface area contributed by atoms with Crippen LogP contribution < -0.4 is 4.83 Å². The van der Waals surface area contributed by atoms with E-state index < -0.39 is 62.8 Å². The number of rotatable bonds is 12. The van der Waals surface area contributed by atoms with Gasteiger partial charge in [-0.3, -0.25) is 24.1 Å². The summed E-state index contributed by atoms with van der Waals surface area (Å²) in [5.74, 6) is -4.16. The fraction of sp³-hybridized carbons (Fsp3) is 0.387. The Kier molecular flexibility index (Phi) is 10.8. The Bertz CT molecular complexity index is 1560. The van der Waals surface area contributed by atoms with Gasteiger partial charge in [-0.15, -0.1) is 4.83 Å². The normalized spacial score (nSPS) is 14.2. The maximum Gasteiger partial charge on any atom is 0.331 e. The zero-order valence-electron chi connectivity index (χ0n) is 25.3. The quantitative estimate of drug-likeness (QED) is 0.204. The Morgan fingerprint density at radius 1 is 1.02 bits per heavy atom. The summed E-state index contributed by atoms with van der Waals surface area (Å²) in [7, 11) is -5.10. The van der Waals surface area contributed by atoms with E-state index >= 15 is 0 Å². The molecule has 12 nitrogen and oxygen atoms in total. The minimum Gasteiger partial charge on any atom is -0.507 e. The average molecular weight is 628 g/mol. The molecule has 0 fully saturated rings. The summed E-state index contributed by atoms with van der Waals surface area (Å²) in [5, 5.41) is 8.99. The van der Waals surface area contributed by atoms with Gasteiger partial charge < -0.3 is 9.84 Å². The summed E-state index contributed by atoms with van der Waals surface area (Å²) in [6.07, 6.45) is 3.28. The maximum absolute atomic E-state index is 13.4. The topological polar surface area (TPSA) is 167 Å². The van der Waals surface area contributed by atoms with Crippen molar-refractivity contribution in [2.75, 3.05) is 6.54 Å². The third-order valence-corrected chi connectivity index (χ3v) is 7.61. The standard InChI is InChI=1S/C31H37N3O9S/c1-20(2)17-18-25(36)34(23(30(40)43-31(3,4)5)15-9-13-21-11-7-6-8-12-21)32-44(41,42)26(37)19-33-28(38)22-14-10-16-24(35)27(22)29(33)39/h6-14,16,20,23,32,35H,15,17-19H2,1-5H3/t23-/m0/s1. The van der Waals surface area contributed by atoms with E-state index in [4.69, 9.17) is 4.74 Å². The van der Waals surface area contributed by atoms with E-state index in [9.17, 15) is 37.5 Å². The molecular formula is C31H37N3O9S. The third-order valence-electron chi connectivity index (χ3n) is 6.45.